The number of aryl methyl sites for hydroxylation is 2. The fourth-order valence-corrected chi connectivity index (χ4v) is 2.39. The molecule has 0 saturated carbocycles. The third-order valence-corrected chi connectivity index (χ3v) is 3.43. The van der Waals surface area contributed by atoms with Crippen molar-refractivity contribution in [2.75, 3.05) is 19.0 Å². The largest absolute Gasteiger partial charge is 0.452 e. The van der Waals surface area contributed by atoms with Crippen LogP contribution >= 0.6 is 0 Å². The summed E-state index contributed by atoms with van der Waals surface area (Å²) in [5, 5.41) is 5.10. The van der Waals surface area contributed by atoms with E-state index in [1.165, 1.54) is 7.05 Å². The van der Waals surface area contributed by atoms with Crippen LogP contribution in [0.2, 0.25) is 0 Å². The number of rotatable bonds is 5. The normalized spacial score (nSPS) is 10.0. The zero-order chi connectivity index (χ0) is 18.4. The van der Waals surface area contributed by atoms with Crippen molar-refractivity contribution in [1.82, 2.24) is 5.32 Å². The van der Waals surface area contributed by atoms with E-state index >= 15 is 0 Å². The van der Waals surface area contributed by atoms with Crippen LogP contribution in [0.1, 0.15) is 31.8 Å². The van der Waals surface area contributed by atoms with Crippen LogP contribution in [0.5, 0.6) is 0 Å². The second kappa shape index (κ2) is 8.10. The van der Waals surface area contributed by atoms with Gasteiger partial charge in [-0.2, -0.15) is 0 Å². The highest BCUT2D eigenvalue weighted by atomic mass is 16.5. The highest BCUT2D eigenvalue weighted by Crippen LogP contribution is 2.12. The molecule has 0 atom stereocenters. The highest BCUT2D eigenvalue weighted by molar-refractivity contribution is 5.98. The van der Waals surface area contributed by atoms with E-state index in [-0.39, 0.29) is 5.91 Å². The summed E-state index contributed by atoms with van der Waals surface area (Å²) >= 11 is 0. The highest BCUT2D eigenvalue weighted by Gasteiger charge is 2.12. The summed E-state index contributed by atoms with van der Waals surface area (Å²) in [4.78, 5) is 35.6. The van der Waals surface area contributed by atoms with Crippen LogP contribution < -0.4 is 10.6 Å². The molecule has 0 aliphatic carbocycles. The molecule has 0 aliphatic heterocycles. The Morgan fingerprint density at radius 1 is 0.960 bits per heavy atom. The van der Waals surface area contributed by atoms with E-state index in [0.29, 0.717) is 16.8 Å². The molecular weight excluding hydrogens is 320 g/mol. The number of anilines is 1. The number of hydrogen-bond donors (Lipinski definition) is 2. The monoisotopic (exact) mass is 340 g/mol. The molecule has 0 radical (unpaired) electrons. The third-order valence-electron chi connectivity index (χ3n) is 3.43. The molecule has 0 spiro atoms. The van der Waals surface area contributed by atoms with Gasteiger partial charge in [-0.1, -0.05) is 23.3 Å². The van der Waals surface area contributed by atoms with Crippen LogP contribution in [0.25, 0.3) is 0 Å². The smallest absolute Gasteiger partial charge is 0.338 e. The molecule has 2 aromatic rings. The van der Waals surface area contributed by atoms with Gasteiger partial charge in [-0.25, -0.2) is 4.79 Å². The number of amides is 2. The number of benzene rings is 2. The van der Waals surface area contributed by atoms with Gasteiger partial charge in [0.2, 0.25) is 0 Å². The van der Waals surface area contributed by atoms with Crippen molar-refractivity contribution in [2.24, 2.45) is 0 Å². The molecule has 0 heterocycles. The Bertz CT molecular complexity index is 795. The van der Waals surface area contributed by atoms with Gasteiger partial charge in [0.25, 0.3) is 11.8 Å². The summed E-state index contributed by atoms with van der Waals surface area (Å²) in [6, 6.07) is 11.8. The Balaban J connectivity index is 1.94. The first-order chi connectivity index (χ1) is 11.9. The minimum absolute atomic E-state index is 0.252. The molecule has 25 heavy (non-hydrogen) atoms. The third kappa shape index (κ3) is 5.17. The van der Waals surface area contributed by atoms with Crippen LogP contribution in [0, 0.1) is 13.8 Å². The number of carbonyl (C=O) groups excluding carboxylic acids is 3. The Morgan fingerprint density at radius 3 is 2.28 bits per heavy atom. The van der Waals surface area contributed by atoms with E-state index in [9.17, 15) is 14.4 Å². The lowest BCUT2D eigenvalue weighted by Crippen LogP contribution is -2.22. The van der Waals surface area contributed by atoms with Crippen molar-refractivity contribution in [1.29, 1.82) is 0 Å². The lowest BCUT2D eigenvalue weighted by Gasteiger charge is -2.08. The standard InChI is InChI=1S/C19H20N2O4/c1-12-7-13(2)9-15(8-12)19(24)25-11-17(22)21-16-6-4-5-14(10-16)18(23)20-3/h4-10H,11H2,1-3H3,(H,20,23)(H,21,22). The summed E-state index contributed by atoms with van der Waals surface area (Å²) in [5.41, 5.74) is 3.18. The molecule has 2 rings (SSSR count). The zero-order valence-electron chi connectivity index (χ0n) is 14.4. The van der Waals surface area contributed by atoms with Crippen molar-refractivity contribution < 1.29 is 19.1 Å². The van der Waals surface area contributed by atoms with E-state index in [4.69, 9.17) is 4.74 Å². The molecule has 0 aliphatic rings. The van der Waals surface area contributed by atoms with E-state index < -0.39 is 18.5 Å². The predicted octanol–water partition coefficient (Wildman–Crippen LogP) is 2.46. The summed E-state index contributed by atoms with van der Waals surface area (Å²) in [6.07, 6.45) is 0. The molecule has 0 fully saturated rings. The molecule has 2 aromatic carbocycles. The van der Waals surface area contributed by atoms with Crippen LogP contribution in [0.4, 0.5) is 5.69 Å². The predicted molar refractivity (Wildman–Crippen MR) is 94.7 cm³/mol. The number of nitrogens with one attached hydrogen (secondary N) is 2. The Kier molecular flexibility index (Phi) is 5.89. The maximum atomic E-state index is 12.0. The number of hydrogen-bond acceptors (Lipinski definition) is 4. The minimum Gasteiger partial charge on any atom is -0.452 e. The first-order valence-corrected chi connectivity index (χ1v) is 7.76. The van der Waals surface area contributed by atoms with Gasteiger partial charge in [0, 0.05) is 18.3 Å². The van der Waals surface area contributed by atoms with Crippen molar-refractivity contribution in [3.8, 4) is 0 Å². The van der Waals surface area contributed by atoms with E-state index in [2.05, 4.69) is 10.6 Å². The average Bonchev–Trinajstić information content (AvgIpc) is 2.58. The summed E-state index contributed by atoms with van der Waals surface area (Å²) in [5.74, 6) is -1.29. The fraction of sp³-hybridized carbons (Fsp3) is 0.211. The van der Waals surface area contributed by atoms with Gasteiger partial charge in [-0.3, -0.25) is 9.59 Å². The molecule has 6 nitrogen and oxygen atoms in total. The maximum Gasteiger partial charge on any atom is 0.338 e. The van der Waals surface area contributed by atoms with Gasteiger partial charge in [0.05, 0.1) is 5.56 Å². The Labute approximate surface area is 146 Å². The number of carbonyl (C=O) groups is 3. The molecule has 0 bridgehead atoms. The average molecular weight is 340 g/mol. The Hall–Kier alpha value is -3.15. The van der Waals surface area contributed by atoms with Gasteiger partial charge >= 0.3 is 5.97 Å². The van der Waals surface area contributed by atoms with E-state index in [1.54, 1.807) is 36.4 Å². The fourth-order valence-electron chi connectivity index (χ4n) is 2.39. The van der Waals surface area contributed by atoms with Crippen molar-refractivity contribution >= 4 is 23.5 Å². The quantitative estimate of drug-likeness (QED) is 0.819. The molecule has 2 amide bonds. The maximum absolute atomic E-state index is 12.0. The molecule has 0 saturated heterocycles. The summed E-state index contributed by atoms with van der Waals surface area (Å²) in [6.45, 7) is 3.36. The SMILES string of the molecule is CNC(=O)c1cccc(NC(=O)COC(=O)c2cc(C)cc(C)c2)c1. The van der Waals surface area contributed by atoms with Gasteiger partial charge in [-0.15, -0.1) is 0 Å². The first kappa shape index (κ1) is 18.2. The molecule has 0 aromatic heterocycles. The van der Waals surface area contributed by atoms with Crippen LogP contribution in [0.3, 0.4) is 0 Å². The molecule has 130 valence electrons. The lowest BCUT2D eigenvalue weighted by atomic mass is 10.1. The lowest BCUT2D eigenvalue weighted by molar-refractivity contribution is -0.119. The number of ether oxygens (including phenoxy) is 1. The van der Waals surface area contributed by atoms with Gasteiger partial charge in [-0.05, 0) is 44.2 Å². The molecule has 0 unspecified atom stereocenters. The summed E-state index contributed by atoms with van der Waals surface area (Å²) in [7, 11) is 1.53. The second-order valence-electron chi connectivity index (χ2n) is 5.66. The second-order valence-corrected chi connectivity index (χ2v) is 5.66. The zero-order valence-corrected chi connectivity index (χ0v) is 14.4. The Morgan fingerprint density at radius 2 is 1.64 bits per heavy atom. The van der Waals surface area contributed by atoms with Gasteiger partial charge in [0.15, 0.2) is 6.61 Å². The topological polar surface area (TPSA) is 84.5 Å². The van der Waals surface area contributed by atoms with Gasteiger partial charge in [0.1, 0.15) is 0 Å². The van der Waals surface area contributed by atoms with Crippen molar-refractivity contribution in [3.05, 3.63) is 64.7 Å². The minimum atomic E-state index is -0.555. The molecule has 2 N–H and O–H groups in total. The van der Waals surface area contributed by atoms with Crippen molar-refractivity contribution in [3.63, 3.8) is 0 Å². The summed E-state index contributed by atoms with van der Waals surface area (Å²) < 4.78 is 5.04. The van der Waals surface area contributed by atoms with E-state index in [1.807, 2.05) is 19.9 Å². The first-order valence-electron chi connectivity index (χ1n) is 7.76. The molecular formula is C19H20N2O4. The van der Waals surface area contributed by atoms with E-state index in [0.717, 1.165) is 11.1 Å². The van der Waals surface area contributed by atoms with Gasteiger partial charge < -0.3 is 15.4 Å². The van der Waals surface area contributed by atoms with Crippen molar-refractivity contribution in [2.45, 2.75) is 13.8 Å². The molecule has 6 heteroatoms. The van der Waals surface area contributed by atoms with Crippen LogP contribution in [-0.2, 0) is 9.53 Å². The number of esters is 1. The van der Waals surface area contributed by atoms with Crippen LogP contribution in [-0.4, -0.2) is 31.4 Å². The van der Waals surface area contributed by atoms with Crippen LogP contribution in [0.15, 0.2) is 42.5 Å².